The molecule has 2 aromatic heterocycles. The van der Waals surface area contributed by atoms with E-state index in [0.717, 1.165) is 18.0 Å². The van der Waals surface area contributed by atoms with Gasteiger partial charge in [0.1, 0.15) is 5.76 Å². The molecule has 78 valence electrons. The molecule has 1 atom stereocenters. The summed E-state index contributed by atoms with van der Waals surface area (Å²) >= 11 is 0. The minimum absolute atomic E-state index is 0.210. The van der Waals surface area contributed by atoms with Crippen LogP contribution in [0.5, 0.6) is 0 Å². The second kappa shape index (κ2) is 4.75. The highest BCUT2D eigenvalue weighted by Gasteiger charge is 2.06. The molecule has 0 bridgehead atoms. The van der Waals surface area contributed by atoms with Crippen LogP contribution in [0.2, 0.25) is 0 Å². The van der Waals surface area contributed by atoms with Crippen LogP contribution < -0.4 is 5.32 Å². The van der Waals surface area contributed by atoms with Gasteiger partial charge in [0.2, 0.25) is 0 Å². The Labute approximate surface area is 89.1 Å². The lowest BCUT2D eigenvalue weighted by atomic mass is 10.2. The second-order valence-electron chi connectivity index (χ2n) is 3.44. The molecule has 0 fully saturated rings. The third-order valence-corrected chi connectivity index (χ3v) is 2.29. The van der Waals surface area contributed by atoms with Gasteiger partial charge in [-0.25, -0.2) is 0 Å². The molecule has 2 heterocycles. The van der Waals surface area contributed by atoms with Gasteiger partial charge in [0.05, 0.1) is 18.0 Å². The van der Waals surface area contributed by atoms with Gasteiger partial charge < -0.3 is 9.73 Å². The van der Waals surface area contributed by atoms with E-state index in [2.05, 4.69) is 17.2 Å². The van der Waals surface area contributed by atoms with Crippen molar-refractivity contribution < 1.29 is 4.42 Å². The van der Waals surface area contributed by atoms with E-state index in [1.54, 1.807) is 12.5 Å². The van der Waals surface area contributed by atoms with Crippen LogP contribution >= 0.6 is 0 Å². The molecule has 2 rings (SSSR count). The van der Waals surface area contributed by atoms with Crippen LogP contribution in [0, 0.1) is 0 Å². The molecule has 0 aliphatic rings. The fraction of sp³-hybridized carbons (Fsp3) is 0.250. The largest absolute Gasteiger partial charge is 0.468 e. The minimum Gasteiger partial charge on any atom is -0.468 e. The third-order valence-electron chi connectivity index (χ3n) is 2.29. The molecular weight excluding hydrogens is 188 g/mol. The third kappa shape index (κ3) is 2.67. The first-order valence-corrected chi connectivity index (χ1v) is 5.03. The molecule has 15 heavy (non-hydrogen) atoms. The van der Waals surface area contributed by atoms with Gasteiger partial charge in [-0.15, -0.1) is 0 Å². The fourth-order valence-corrected chi connectivity index (χ4v) is 1.40. The first-order chi connectivity index (χ1) is 7.36. The lowest BCUT2D eigenvalue weighted by Crippen LogP contribution is -2.18. The van der Waals surface area contributed by atoms with Crippen molar-refractivity contribution in [2.24, 2.45) is 0 Å². The van der Waals surface area contributed by atoms with E-state index in [9.17, 15) is 0 Å². The normalized spacial score (nSPS) is 12.6. The molecular formula is C12H14N2O. The Hall–Kier alpha value is -1.61. The van der Waals surface area contributed by atoms with E-state index in [1.807, 2.05) is 30.3 Å². The number of nitrogens with one attached hydrogen (secondary N) is 1. The van der Waals surface area contributed by atoms with E-state index in [-0.39, 0.29) is 6.04 Å². The van der Waals surface area contributed by atoms with Crippen LogP contribution in [0.3, 0.4) is 0 Å². The minimum atomic E-state index is 0.210. The highest BCUT2D eigenvalue weighted by molar-refractivity contribution is 5.06. The smallest absolute Gasteiger partial charge is 0.120 e. The van der Waals surface area contributed by atoms with Crippen molar-refractivity contribution in [3.63, 3.8) is 0 Å². The molecule has 0 aliphatic heterocycles. The van der Waals surface area contributed by atoms with Crippen LogP contribution in [0.25, 0.3) is 0 Å². The zero-order valence-corrected chi connectivity index (χ0v) is 8.68. The number of hydrogen-bond donors (Lipinski definition) is 1. The highest BCUT2D eigenvalue weighted by atomic mass is 16.3. The Bertz CT molecular complexity index is 383. The Morgan fingerprint density at radius 3 is 2.93 bits per heavy atom. The molecule has 0 aromatic carbocycles. The summed E-state index contributed by atoms with van der Waals surface area (Å²) in [7, 11) is 0. The van der Waals surface area contributed by atoms with Gasteiger partial charge in [-0.05, 0) is 31.2 Å². The molecule has 2 aromatic rings. The summed E-state index contributed by atoms with van der Waals surface area (Å²) in [6, 6.07) is 9.98. The lowest BCUT2D eigenvalue weighted by molar-refractivity contribution is 0.429. The fourth-order valence-electron chi connectivity index (χ4n) is 1.40. The summed E-state index contributed by atoms with van der Waals surface area (Å²) in [4.78, 5) is 4.24. The standard InChI is InChI=1S/C12H14N2O/c1-10(12-6-4-8-15-12)14-9-11-5-2-3-7-13-11/h2-8,10,14H,9H2,1H3/t10-/m1/s1. The van der Waals surface area contributed by atoms with Gasteiger partial charge >= 0.3 is 0 Å². The van der Waals surface area contributed by atoms with E-state index in [1.165, 1.54) is 0 Å². The molecule has 0 saturated carbocycles. The second-order valence-corrected chi connectivity index (χ2v) is 3.44. The number of furan rings is 1. The summed E-state index contributed by atoms with van der Waals surface area (Å²) in [5, 5.41) is 3.35. The van der Waals surface area contributed by atoms with Crippen molar-refractivity contribution in [2.45, 2.75) is 19.5 Å². The van der Waals surface area contributed by atoms with Crippen LogP contribution in [0.1, 0.15) is 24.4 Å². The van der Waals surface area contributed by atoms with Gasteiger partial charge in [0.25, 0.3) is 0 Å². The summed E-state index contributed by atoms with van der Waals surface area (Å²) in [5.41, 5.74) is 1.04. The maximum absolute atomic E-state index is 5.30. The number of hydrogen-bond acceptors (Lipinski definition) is 3. The first-order valence-electron chi connectivity index (χ1n) is 5.03. The Kier molecular flexibility index (Phi) is 3.15. The number of pyridine rings is 1. The predicted molar refractivity (Wildman–Crippen MR) is 58.2 cm³/mol. The van der Waals surface area contributed by atoms with E-state index >= 15 is 0 Å². The Morgan fingerprint density at radius 1 is 1.33 bits per heavy atom. The quantitative estimate of drug-likeness (QED) is 0.827. The maximum Gasteiger partial charge on any atom is 0.120 e. The van der Waals surface area contributed by atoms with Gasteiger partial charge in [0, 0.05) is 12.7 Å². The molecule has 3 nitrogen and oxygen atoms in total. The van der Waals surface area contributed by atoms with E-state index in [4.69, 9.17) is 4.42 Å². The van der Waals surface area contributed by atoms with Crippen molar-refractivity contribution in [3.8, 4) is 0 Å². The van der Waals surface area contributed by atoms with Gasteiger partial charge in [0.15, 0.2) is 0 Å². The van der Waals surface area contributed by atoms with Crippen LogP contribution in [0.4, 0.5) is 0 Å². The molecule has 0 spiro atoms. The average molecular weight is 202 g/mol. The molecule has 0 saturated heterocycles. The topological polar surface area (TPSA) is 38.1 Å². The monoisotopic (exact) mass is 202 g/mol. The average Bonchev–Trinajstić information content (AvgIpc) is 2.81. The van der Waals surface area contributed by atoms with Gasteiger partial charge in [-0.2, -0.15) is 0 Å². The highest BCUT2D eigenvalue weighted by Crippen LogP contribution is 2.12. The molecule has 3 heteroatoms. The van der Waals surface area contributed by atoms with Crippen molar-refractivity contribution in [1.29, 1.82) is 0 Å². The molecule has 0 radical (unpaired) electrons. The SMILES string of the molecule is C[C@@H](NCc1ccccn1)c1ccco1. The summed E-state index contributed by atoms with van der Waals surface area (Å²) in [6.45, 7) is 2.82. The van der Waals surface area contributed by atoms with Crippen molar-refractivity contribution in [3.05, 3.63) is 54.2 Å². The summed E-state index contributed by atoms with van der Waals surface area (Å²) in [5.74, 6) is 0.950. The first kappa shape index (κ1) is 9.93. The molecule has 1 N–H and O–H groups in total. The van der Waals surface area contributed by atoms with E-state index < -0.39 is 0 Å². The molecule has 0 unspecified atom stereocenters. The van der Waals surface area contributed by atoms with E-state index in [0.29, 0.717) is 0 Å². The van der Waals surface area contributed by atoms with Crippen molar-refractivity contribution in [2.75, 3.05) is 0 Å². The van der Waals surface area contributed by atoms with Crippen LogP contribution in [-0.4, -0.2) is 4.98 Å². The predicted octanol–water partition coefficient (Wildman–Crippen LogP) is 2.53. The number of rotatable bonds is 4. The zero-order chi connectivity index (χ0) is 10.5. The molecule has 0 aliphatic carbocycles. The van der Waals surface area contributed by atoms with Crippen LogP contribution in [0.15, 0.2) is 47.2 Å². The Morgan fingerprint density at radius 2 is 2.27 bits per heavy atom. The Balaban J connectivity index is 1.89. The number of nitrogens with zero attached hydrogens (tertiary/aromatic N) is 1. The van der Waals surface area contributed by atoms with Gasteiger partial charge in [-0.1, -0.05) is 6.07 Å². The lowest BCUT2D eigenvalue weighted by Gasteiger charge is -2.10. The van der Waals surface area contributed by atoms with Gasteiger partial charge in [-0.3, -0.25) is 4.98 Å². The van der Waals surface area contributed by atoms with Crippen LogP contribution in [-0.2, 0) is 6.54 Å². The maximum atomic E-state index is 5.30. The molecule has 0 amide bonds. The van der Waals surface area contributed by atoms with Crippen molar-refractivity contribution >= 4 is 0 Å². The number of aromatic nitrogens is 1. The summed E-state index contributed by atoms with van der Waals surface area (Å²) in [6.07, 6.45) is 3.49. The zero-order valence-electron chi connectivity index (χ0n) is 8.68. The van der Waals surface area contributed by atoms with Crippen molar-refractivity contribution in [1.82, 2.24) is 10.3 Å². The summed E-state index contributed by atoms with van der Waals surface area (Å²) < 4.78 is 5.30.